The van der Waals surface area contributed by atoms with Crippen LogP contribution in [0.5, 0.6) is 23.0 Å². The molecule has 194 valence electrons. The molecule has 4 rings (SSSR count). The molecule has 4 aromatic rings. The van der Waals surface area contributed by atoms with Crippen molar-refractivity contribution in [1.29, 1.82) is 0 Å². The Balaban J connectivity index is -0.000000493. The van der Waals surface area contributed by atoms with E-state index in [0.717, 1.165) is 0 Å². The first-order valence-electron chi connectivity index (χ1n) is 10.3. The molecule has 0 aliphatic carbocycles. The topological polar surface area (TPSA) is 153 Å². The zero-order valence-corrected chi connectivity index (χ0v) is 25.9. The first-order valence-corrected chi connectivity index (χ1v) is 10.7. The molecule has 0 atom stereocenters. The Morgan fingerprint density at radius 2 is 1.03 bits per heavy atom. The van der Waals surface area contributed by atoms with E-state index in [4.69, 9.17) is 36.6 Å². The molecule has 0 unspecified atom stereocenters. The van der Waals surface area contributed by atoms with Crippen LogP contribution in [0.2, 0.25) is 0 Å². The third-order valence-corrected chi connectivity index (χ3v) is 4.22. The van der Waals surface area contributed by atoms with Gasteiger partial charge in [0.1, 0.15) is 0 Å². The maximum absolute atomic E-state index is 11.6. The van der Waals surface area contributed by atoms with Gasteiger partial charge >= 0.3 is 65.1 Å². The fourth-order valence-corrected chi connectivity index (χ4v) is 2.44. The van der Waals surface area contributed by atoms with Crippen molar-refractivity contribution in [2.24, 2.45) is 0 Å². The molecule has 0 heterocycles. The molecular weight excluding hydrogens is 550 g/mol. The number of para-hydroxylation sites is 4. The molecule has 39 heavy (non-hydrogen) atoms. The molecule has 9 nitrogen and oxygen atoms in total. The minimum Gasteiger partial charge on any atom is -1.00 e. The largest absolute Gasteiger partial charge is 1.00 e. The van der Waals surface area contributed by atoms with Gasteiger partial charge in [0.2, 0.25) is 0 Å². The Bertz CT molecular complexity index is 1230. The molecule has 0 aliphatic heterocycles. The number of hydrogen-bond acceptors (Lipinski definition) is 9. The molecule has 4 aromatic carbocycles. The Hall–Kier alpha value is -2.86. The van der Waals surface area contributed by atoms with Crippen molar-refractivity contribution >= 4 is 29.3 Å². The maximum atomic E-state index is 11.6. The zero-order chi connectivity index (χ0) is 27.5. The number of aromatic hydroxyl groups is 3. The number of benzene rings is 4. The van der Waals surface area contributed by atoms with E-state index in [0.29, 0.717) is 11.1 Å². The summed E-state index contributed by atoms with van der Waals surface area (Å²) in [6, 6.07) is 29.9. The van der Waals surface area contributed by atoms with Gasteiger partial charge in [-0.25, -0.2) is 4.79 Å². The quantitative estimate of drug-likeness (QED) is 0.0381. The molecule has 0 saturated carbocycles. The van der Waals surface area contributed by atoms with E-state index in [9.17, 15) is 14.7 Å². The number of phenolic OH excluding ortho intramolecular Hbond substituents is 3. The number of carbonyl (C=O) groups excluding carboxylic acids is 3. The van der Waals surface area contributed by atoms with Crippen molar-refractivity contribution in [1.82, 2.24) is 0 Å². The van der Waals surface area contributed by atoms with Crippen LogP contribution in [0.1, 0.15) is 22.1 Å². The standard InChI is InChI=1S/C13H10O3.C7H5ClO.C6H6O2.CH2O3.2Na.H/c14-11-8-4-5-9-12(11)16-13(15)10-6-2-1-3-7-10;8-7(9)6-4-2-1-3-5-6;7-5-3-1-2-4-6(5)8;2-1-4-3;;;/h1-9,14H;1-5H;1-4,7-8H;1,3H;;;/q;;;;2*+1;-1/p-1. The molecule has 0 aromatic heterocycles. The average Bonchev–Trinajstić information content (AvgIpc) is 2.93. The zero-order valence-electron chi connectivity index (χ0n) is 22.1. The monoisotopic (exact) mass is 572 g/mol. The number of esters is 1. The summed E-state index contributed by atoms with van der Waals surface area (Å²) < 4.78 is 5.04. The van der Waals surface area contributed by atoms with Crippen LogP contribution >= 0.6 is 11.6 Å². The van der Waals surface area contributed by atoms with E-state index in [1.165, 1.54) is 24.3 Å². The molecule has 0 amide bonds. The number of hydrogen-bond donors (Lipinski definition) is 3. The summed E-state index contributed by atoms with van der Waals surface area (Å²) in [5.74, 6) is -0.523. The van der Waals surface area contributed by atoms with E-state index in [1.807, 2.05) is 12.1 Å². The molecular formula is C27H23ClNa2O9. The van der Waals surface area contributed by atoms with E-state index in [2.05, 4.69) is 4.89 Å². The molecule has 0 spiro atoms. The molecule has 3 N–H and O–H groups in total. The smallest absolute Gasteiger partial charge is 1.00 e. The van der Waals surface area contributed by atoms with Crippen LogP contribution in [0.25, 0.3) is 0 Å². The van der Waals surface area contributed by atoms with Crippen molar-refractivity contribution < 1.29 is 105 Å². The van der Waals surface area contributed by atoms with E-state index < -0.39 is 11.2 Å². The Morgan fingerprint density at radius 1 is 0.667 bits per heavy atom. The summed E-state index contributed by atoms with van der Waals surface area (Å²) in [6.07, 6.45) is 0. The number of halogens is 1. The Morgan fingerprint density at radius 3 is 1.36 bits per heavy atom. The van der Waals surface area contributed by atoms with Crippen LogP contribution in [0.3, 0.4) is 0 Å². The van der Waals surface area contributed by atoms with Gasteiger partial charge < -0.3 is 31.6 Å². The average molecular weight is 573 g/mol. The van der Waals surface area contributed by atoms with Crippen LogP contribution in [0, 0.1) is 0 Å². The summed E-state index contributed by atoms with van der Waals surface area (Å²) in [4.78, 5) is 33.3. The normalized spacial score (nSPS) is 8.46. The van der Waals surface area contributed by atoms with Gasteiger partial charge in [-0.3, -0.25) is 9.59 Å². The van der Waals surface area contributed by atoms with Crippen LogP contribution in [0.4, 0.5) is 0 Å². The van der Waals surface area contributed by atoms with Crippen LogP contribution in [0.15, 0.2) is 109 Å². The predicted octanol–water partition coefficient (Wildman–Crippen LogP) is -1.67. The van der Waals surface area contributed by atoms with Crippen molar-refractivity contribution in [3.63, 3.8) is 0 Å². The third-order valence-electron chi connectivity index (χ3n) is 4.00. The number of ether oxygens (including phenoxy) is 1. The van der Waals surface area contributed by atoms with Gasteiger partial charge in [0.25, 0.3) is 11.7 Å². The minimum atomic E-state index is -0.484. The predicted molar refractivity (Wildman–Crippen MR) is 134 cm³/mol. The van der Waals surface area contributed by atoms with Gasteiger partial charge in [-0.05, 0) is 48.0 Å². The first kappa shape index (κ1) is 38.3. The van der Waals surface area contributed by atoms with E-state index >= 15 is 0 Å². The molecule has 0 aliphatic rings. The second-order valence-corrected chi connectivity index (χ2v) is 6.89. The fraction of sp³-hybridized carbons (Fsp3) is 0. The summed E-state index contributed by atoms with van der Waals surface area (Å²) >= 11 is 5.16. The summed E-state index contributed by atoms with van der Waals surface area (Å²) in [5.41, 5.74) is 0.991. The molecule has 0 saturated heterocycles. The van der Waals surface area contributed by atoms with Gasteiger partial charge in [-0.1, -0.05) is 72.8 Å². The van der Waals surface area contributed by atoms with Gasteiger partial charge in [0.05, 0.1) is 5.56 Å². The van der Waals surface area contributed by atoms with Gasteiger partial charge in [0, 0.05) is 5.56 Å². The van der Waals surface area contributed by atoms with Crippen molar-refractivity contribution in [3.05, 3.63) is 120 Å². The van der Waals surface area contributed by atoms with Crippen molar-refractivity contribution in [2.45, 2.75) is 0 Å². The van der Waals surface area contributed by atoms with Crippen LogP contribution < -0.4 is 69.1 Å². The van der Waals surface area contributed by atoms with Gasteiger partial charge in [-0.15, -0.1) is 0 Å². The molecule has 0 radical (unpaired) electrons. The van der Waals surface area contributed by atoms with Crippen LogP contribution in [-0.2, 0) is 9.68 Å². The summed E-state index contributed by atoms with van der Waals surface area (Å²) in [5, 5.41) is 34.8. The summed E-state index contributed by atoms with van der Waals surface area (Å²) in [7, 11) is 0. The molecule has 0 fully saturated rings. The van der Waals surface area contributed by atoms with Crippen LogP contribution in [-0.4, -0.2) is 33.0 Å². The minimum absolute atomic E-state index is 0. The first-order chi connectivity index (χ1) is 17.8. The number of rotatable bonds is 4. The van der Waals surface area contributed by atoms with Crippen molar-refractivity contribution in [3.8, 4) is 23.0 Å². The fourth-order valence-electron chi connectivity index (χ4n) is 2.31. The number of carbonyl (C=O) groups is 3. The second kappa shape index (κ2) is 23.1. The van der Waals surface area contributed by atoms with Crippen molar-refractivity contribution in [2.75, 3.05) is 0 Å². The summed E-state index contributed by atoms with van der Waals surface area (Å²) in [6.45, 7) is -0.181. The molecule has 12 heteroatoms. The van der Waals surface area contributed by atoms with Gasteiger partial charge in [-0.2, -0.15) is 0 Å². The Labute approximate surface area is 275 Å². The third kappa shape index (κ3) is 16.7. The number of phenols is 3. The van der Waals surface area contributed by atoms with Gasteiger partial charge in [0.15, 0.2) is 23.0 Å². The van der Waals surface area contributed by atoms with E-state index in [-0.39, 0.29) is 90.0 Å². The SMILES string of the molecule is O=C(Cl)c1ccccc1.O=C(Oc1ccccc1O)c1ccccc1.O=CO[O-].Oc1ccccc1O.[H-].[Na+].[Na+]. The second-order valence-electron chi connectivity index (χ2n) is 6.54. The Kier molecular flexibility index (Phi) is 22.6. The maximum Gasteiger partial charge on any atom is 1.00 e. The molecule has 0 bridgehead atoms. The van der Waals surface area contributed by atoms with E-state index in [1.54, 1.807) is 72.8 Å².